The molecule has 1 aliphatic rings. The normalized spacial score (nSPS) is 15.9. The molecule has 1 atom stereocenters. The summed E-state index contributed by atoms with van der Waals surface area (Å²) in [5, 5.41) is 8.14. The first-order chi connectivity index (χ1) is 13.3. The number of aromatic nitrogens is 2. The molecular weight excluding hydrogens is 374 g/mol. The highest BCUT2D eigenvalue weighted by molar-refractivity contribution is 6.30. The lowest BCUT2D eigenvalue weighted by molar-refractivity contribution is -0.116. The Hall–Kier alpha value is -2.92. The van der Waals surface area contributed by atoms with Gasteiger partial charge in [0.25, 0.3) is 0 Å². The molecule has 4 rings (SSSR count). The average Bonchev–Trinajstić information content (AvgIpc) is 2.97. The molecular formula is C22H20ClN3O2. The van der Waals surface area contributed by atoms with Crippen molar-refractivity contribution in [2.24, 2.45) is 0 Å². The number of nitrogens with one attached hydrogen (secondary N) is 1. The minimum absolute atomic E-state index is 0.101. The molecule has 0 saturated carbocycles. The number of ketones is 1. The van der Waals surface area contributed by atoms with Gasteiger partial charge in [0.2, 0.25) is 5.91 Å². The third kappa shape index (κ3) is 3.22. The summed E-state index contributed by atoms with van der Waals surface area (Å²) >= 11 is 5.94. The van der Waals surface area contributed by atoms with Crippen molar-refractivity contribution in [2.45, 2.75) is 33.1 Å². The van der Waals surface area contributed by atoms with E-state index in [1.54, 1.807) is 28.9 Å². The lowest BCUT2D eigenvalue weighted by Gasteiger charge is -2.23. The Morgan fingerprint density at radius 2 is 1.75 bits per heavy atom. The number of hydrogen-bond donors (Lipinski definition) is 1. The summed E-state index contributed by atoms with van der Waals surface area (Å²) in [4.78, 5) is 25.6. The van der Waals surface area contributed by atoms with Crippen molar-refractivity contribution < 1.29 is 9.59 Å². The van der Waals surface area contributed by atoms with E-state index in [1.165, 1.54) is 0 Å². The highest BCUT2D eigenvalue weighted by Crippen LogP contribution is 2.38. The number of hydrogen-bond acceptors (Lipinski definition) is 3. The molecule has 0 radical (unpaired) electrons. The second-order valence-corrected chi connectivity index (χ2v) is 7.72. The Labute approximate surface area is 168 Å². The Morgan fingerprint density at radius 1 is 1.11 bits per heavy atom. The summed E-state index contributed by atoms with van der Waals surface area (Å²) in [6, 6.07) is 12.9. The van der Waals surface area contributed by atoms with Crippen LogP contribution in [-0.4, -0.2) is 21.5 Å². The molecule has 0 bridgehead atoms. The molecule has 6 heteroatoms. The SMILES string of the molecule is Cc1cc(C)cc(-n2nc(C)c3c2NC(=O)C[C@@H]3C(=O)c2ccc(Cl)cc2)c1. The van der Waals surface area contributed by atoms with Crippen molar-refractivity contribution in [1.82, 2.24) is 9.78 Å². The van der Waals surface area contributed by atoms with Crippen LogP contribution >= 0.6 is 11.6 Å². The number of rotatable bonds is 3. The Bertz CT molecular complexity index is 1080. The van der Waals surface area contributed by atoms with E-state index < -0.39 is 5.92 Å². The van der Waals surface area contributed by atoms with Gasteiger partial charge in [0, 0.05) is 22.6 Å². The Morgan fingerprint density at radius 3 is 2.39 bits per heavy atom. The molecule has 28 heavy (non-hydrogen) atoms. The minimum atomic E-state index is -0.565. The molecule has 0 spiro atoms. The van der Waals surface area contributed by atoms with Crippen LogP contribution in [0.15, 0.2) is 42.5 Å². The molecule has 1 N–H and O–H groups in total. The molecule has 0 saturated heterocycles. The zero-order valence-corrected chi connectivity index (χ0v) is 16.7. The quantitative estimate of drug-likeness (QED) is 0.652. The Kier molecular flexibility index (Phi) is 4.55. The standard InChI is InChI=1S/C22H20ClN3O2/c1-12-8-13(2)10-17(9-12)26-22-20(14(3)25-26)18(11-19(27)24-22)21(28)15-4-6-16(23)7-5-15/h4-10,18H,11H2,1-3H3,(H,24,27)/t18-/m0/s1. The first-order valence-electron chi connectivity index (χ1n) is 9.11. The lowest BCUT2D eigenvalue weighted by atomic mass is 9.85. The van der Waals surface area contributed by atoms with Crippen molar-refractivity contribution in [3.8, 4) is 5.69 Å². The molecule has 0 fully saturated rings. The van der Waals surface area contributed by atoms with Crippen LogP contribution in [-0.2, 0) is 4.79 Å². The molecule has 0 aliphatic carbocycles. The second kappa shape index (κ2) is 6.91. The van der Waals surface area contributed by atoms with Gasteiger partial charge in [-0.05, 0) is 68.3 Å². The first kappa shape index (κ1) is 18.4. The third-order valence-electron chi connectivity index (χ3n) is 5.00. The predicted molar refractivity (Wildman–Crippen MR) is 110 cm³/mol. The van der Waals surface area contributed by atoms with Gasteiger partial charge in [-0.2, -0.15) is 5.10 Å². The molecule has 2 heterocycles. The van der Waals surface area contributed by atoms with Crippen LogP contribution in [0.25, 0.3) is 5.69 Å². The minimum Gasteiger partial charge on any atom is -0.310 e. The van der Waals surface area contributed by atoms with E-state index in [4.69, 9.17) is 11.6 Å². The summed E-state index contributed by atoms with van der Waals surface area (Å²) in [7, 11) is 0. The topological polar surface area (TPSA) is 64.0 Å². The fraction of sp³-hybridized carbons (Fsp3) is 0.227. The van der Waals surface area contributed by atoms with Crippen LogP contribution < -0.4 is 5.32 Å². The lowest BCUT2D eigenvalue weighted by Crippen LogP contribution is -2.28. The molecule has 1 amide bonds. The molecule has 1 aliphatic heterocycles. The molecule has 3 aromatic rings. The fourth-order valence-electron chi connectivity index (χ4n) is 3.85. The van der Waals surface area contributed by atoms with Crippen molar-refractivity contribution in [3.05, 3.63) is 75.4 Å². The van der Waals surface area contributed by atoms with Gasteiger partial charge in [-0.15, -0.1) is 0 Å². The molecule has 2 aromatic carbocycles. The van der Waals surface area contributed by atoms with E-state index in [-0.39, 0.29) is 18.1 Å². The van der Waals surface area contributed by atoms with Crippen LogP contribution in [0, 0.1) is 20.8 Å². The number of anilines is 1. The van der Waals surface area contributed by atoms with E-state index >= 15 is 0 Å². The average molecular weight is 394 g/mol. The van der Waals surface area contributed by atoms with Gasteiger partial charge >= 0.3 is 0 Å². The van der Waals surface area contributed by atoms with Crippen LogP contribution in [0.1, 0.15) is 45.1 Å². The van der Waals surface area contributed by atoms with Gasteiger partial charge in [0.15, 0.2) is 5.78 Å². The van der Waals surface area contributed by atoms with E-state index in [1.807, 2.05) is 32.9 Å². The van der Waals surface area contributed by atoms with Gasteiger partial charge in [0.05, 0.1) is 17.3 Å². The van der Waals surface area contributed by atoms with Gasteiger partial charge in [-0.3, -0.25) is 9.59 Å². The number of nitrogens with zero attached hydrogens (tertiary/aromatic N) is 2. The van der Waals surface area contributed by atoms with Crippen LogP contribution in [0.4, 0.5) is 5.82 Å². The van der Waals surface area contributed by atoms with E-state index in [0.29, 0.717) is 16.4 Å². The van der Waals surface area contributed by atoms with E-state index in [9.17, 15) is 9.59 Å². The number of Topliss-reactive ketones (excluding diaryl/α,β-unsaturated/α-hetero) is 1. The maximum atomic E-state index is 13.2. The summed E-state index contributed by atoms with van der Waals surface area (Å²) in [5.74, 6) is -0.281. The maximum absolute atomic E-state index is 13.2. The second-order valence-electron chi connectivity index (χ2n) is 7.28. The predicted octanol–water partition coefficient (Wildman–Crippen LogP) is 4.76. The number of aryl methyl sites for hydroxylation is 3. The van der Waals surface area contributed by atoms with Gasteiger partial charge in [-0.25, -0.2) is 4.68 Å². The highest BCUT2D eigenvalue weighted by Gasteiger charge is 2.36. The summed E-state index contributed by atoms with van der Waals surface area (Å²) < 4.78 is 1.73. The molecule has 5 nitrogen and oxygen atoms in total. The van der Waals surface area contributed by atoms with Gasteiger partial charge in [0.1, 0.15) is 5.82 Å². The summed E-state index contributed by atoms with van der Waals surface area (Å²) in [6.07, 6.45) is 0.105. The van der Waals surface area contributed by atoms with Gasteiger partial charge in [-0.1, -0.05) is 17.7 Å². The number of benzene rings is 2. The molecule has 1 aromatic heterocycles. The number of carbonyl (C=O) groups is 2. The fourth-order valence-corrected chi connectivity index (χ4v) is 3.97. The van der Waals surface area contributed by atoms with Crippen molar-refractivity contribution in [1.29, 1.82) is 0 Å². The molecule has 142 valence electrons. The van der Waals surface area contributed by atoms with Crippen LogP contribution in [0.5, 0.6) is 0 Å². The van der Waals surface area contributed by atoms with Crippen molar-refractivity contribution in [3.63, 3.8) is 0 Å². The smallest absolute Gasteiger partial charge is 0.226 e. The highest BCUT2D eigenvalue weighted by atomic mass is 35.5. The van der Waals surface area contributed by atoms with E-state index in [2.05, 4.69) is 16.5 Å². The van der Waals surface area contributed by atoms with E-state index in [0.717, 1.165) is 28.1 Å². The van der Waals surface area contributed by atoms with Crippen molar-refractivity contribution in [2.75, 3.05) is 5.32 Å². The maximum Gasteiger partial charge on any atom is 0.226 e. The summed E-state index contributed by atoms with van der Waals surface area (Å²) in [6.45, 7) is 5.91. The molecule has 0 unspecified atom stereocenters. The monoisotopic (exact) mass is 393 g/mol. The van der Waals surface area contributed by atoms with Crippen molar-refractivity contribution >= 4 is 29.1 Å². The first-order valence-corrected chi connectivity index (χ1v) is 9.49. The zero-order chi connectivity index (χ0) is 20.0. The largest absolute Gasteiger partial charge is 0.310 e. The zero-order valence-electron chi connectivity index (χ0n) is 15.9. The Balaban J connectivity index is 1.83. The van der Waals surface area contributed by atoms with Crippen LogP contribution in [0.3, 0.4) is 0 Å². The number of amides is 1. The third-order valence-corrected chi connectivity index (χ3v) is 5.25. The summed E-state index contributed by atoms with van der Waals surface area (Å²) in [5.41, 5.74) is 5.12. The van der Waals surface area contributed by atoms with Gasteiger partial charge < -0.3 is 5.32 Å². The van der Waals surface area contributed by atoms with Crippen LogP contribution in [0.2, 0.25) is 5.02 Å². The number of halogens is 1. The number of fused-ring (bicyclic) bond motifs is 1. The number of carbonyl (C=O) groups excluding carboxylic acids is 2.